The molecule has 0 bridgehead atoms. The van der Waals surface area contributed by atoms with Crippen LogP contribution in [0.25, 0.3) is 0 Å². The minimum Gasteiger partial charge on any atom is -0.507 e. The number of nitrogens with one attached hydrogen (secondary N) is 1. The minimum atomic E-state index is -0.0910. The van der Waals surface area contributed by atoms with Gasteiger partial charge in [-0.1, -0.05) is 84.0 Å². The number of phenols is 1. The number of carbonyl (C=O) groups excluding carboxylic acids is 1. The Kier molecular flexibility index (Phi) is 14.5. The van der Waals surface area contributed by atoms with Crippen LogP contribution in [-0.2, 0) is 4.79 Å². The summed E-state index contributed by atoms with van der Waals surface area (Å²) in [7, 11) is 1.56. The molecular weight excluding hydrogens is 364 g/mol. The van der Waals surface area contributed by atoms with Crippen molar-refractivity contribution in [3.8, 4) is 11.5 Å². The molecule has 0 heterocycles. The summed E-state index contributed by atoms with van der Waals surface area (Å²) in [5.41, 5.74) is 3.02. The van der Waals surface area contributed by atoms with Crippen molar-refractivity contribution in [3.63, 3.8) is 0 Å². The summed E-state index contributed by atoms with van der Waals surface area (Å²) in [6, 6.07) is 4.87. The van der Waals surface area contributed by atoms with Gasteiger partial charge in [-0.15, -0.1) is 0 Å². The van der Waals surface area contributed by atoms with Gasteiger partial charge in [0.15, 0.2) is 0 Å². The van der Waals surface area contributed by atoms with E-state index in [9.17, 15) is 9.90 Å². The van der Waals surface area contributed by atoms with Crippen molar-refractivity contribution in [3.05, 3.63) is 23.8 Å². The van der Waals surface area contributed by atoms with Crippen LogP contribution in [0.5, 0.6) is 11.5 Å². The zero-order valence-corrected chi connectivity index (χ0v) is 18.4. The summed E-state index contributed by atoms with van der Waals surface area (Å²) in [5, 5.41) is 13.7. The average Bonchev–Trinajstić information content (AvgIpc) is 2.72. The number of phenolic OH excluding ortho intramolecular Hbond substituents is 1. The van der Waals surface area contributed by atoms with E-state index in [1.165, 1.54) is 82.9 Å². The van der Waals surface area contributed by atoms with Crippen molar-refractivity contribution in [2.75, 3.05) is 7.11 Å². The van der Waals surface area contributed by atoms with Gasteiger partial charge in [-0.05, 0) is 24.6 Å². The first-order valence-electron chi connectivity index (χ1n) is 11.4. The number of rotatable bonds is 17. The van der Waals surface area contributed by atoms with Crippen LogP contribution in [0.2, 0.25) is 0 Å². The Balaban J connectivity index is 1.98. The molecule has 0 fully saturated rings. The SMILES string of the molecule is CCCCCCCCCCCCCCCC(=O)NN=Cc1cc(OC)ccc1O. The van der Waals surface area contributed by atoms with E-state index in [1.54, 1.807) is 19.2 Å². The third kappa shape index (κ3) is 12.9. The minimum absolute atomic E-state index is 0.0910. The lowest BCUT2D eigenvalue weighted by molar-refractivity contribution is -0.121. The Morgan fingerprint density at radius 3 is 2.07 bits per heavy atom. The highest BCUT2D eigenvalue weighted by Gasteiger charge is 2.02. The van der Waals surface area contributed by atoms with Gasteiger partial charge >= 0.3 is 0 Å². The summed E-state index contributed by atoms with van der Waals surface area (Å²) >= 11 is 0. The second-order valence-corrected chi connectivity index (χ2v) is 7.71. The predicted molar refractivity (Wildman–Crippen MR) is 121 cm³/mol. The van der Waals surface area contributed by atoms with Crippen molar-refractivity contribution in [1.82, 2.24) is 5.43 Å². The number of amides is 1. The fourth-order valence-corrected chi connectivity index (χ4v) is 3.30. The first-order valence-corrected chi connectivity index (χ1v) is 11.4. The number of hydrogen-bond donors (Lipinski definition) is 2. The molecule has 0 saturated heterocycles. The van der Waals surface area contributed by atoms with Crippen molar-refractivity contribution in [2.24, 2.45) is 5.10 Å². The van der Waals surface area contributed by atoms with Gasteiger partial charge in [0.1, 0.15) is 11.5 Å². The molecule has 29 heavy (non-hydrogen) atoms. The molecular formula is C24H40N2O3. The van der Waals surface area contributed by atoms with Gasteiger partial charge in [0.25, 0.3) is 0 Å². The lowest BCUT2D eigenvalue weighted by atomic mass is 10.0. The molecule has 0 radical (unpaired) electrons. The number of nitrogens with zero attached hydrogens (tertiary/aromatic N) is 1. The Bertz CT molecular complexity index is 587. The quantitative estimate of drug-likeness (QED) is 0.181. The van der Waals surface area contributed by atoms with Gasteiger partial charge < -0.3 is 9.84 Å². The molecule has 0 spiro atoms. The highest BCUT2D eigenvalue weighted by Crippen LogP contribution is 2.21. The van der Waals surface area contributed by atoms with Gasteiger partial charge in [-0.2, -0.15) is 5.10 Å². The van der Waals surface area contributed by atoms with Gasteiger partial charge in [-0.3, -0.25) is 4.79 Å². The summed E-state index contributed by atoms with van der Waals surface area (Å²) in [4.78, 5) is 11.8. The number of benzene rings is 1. The Labute approximate surface area is 176 Å². The van der Waals surface area contributed by atoms with Crippen LogP contribution in [0.15, 0.2) is 23.3 Å². The van der Waals surface area contributed by atoms with Crippen LogP contribution >= 0.6 is 0 Å². The molecule has 0 aliphatic carbocycles. The van der Waals surface area contributed by atoms with Crippen LogP contribution in [0.4, 0.5) is 0 Å². The second kappa shape index (κ2) is 16.9. The van der Waals surface area contributed by atoms with Crippen LogP contribution < -0.4 is 10.2 Å². The van der Waals surface area contributed by atoms with Crippen molar-refractivity contribution in [2.45, 2.75) is 96.8 Å². The average molecular weight is 405 g/mol. The van der Waals surface area contributed by atoms with E-state index in [0.717, 1.165) is 12.8 Å². The maximum Gasteiger partial charge on any atom is 0.240 e. The largest absolute Gasteiger partial charge is 0.507 e. The van der Waals surface area contributed by atoms with Gasteiger partial charge in [0.05, 0.1) is 13.3 Å². The lowest BCUT2D eigenvalue weighted by Gasteiger charge is -2.04. The predicted octanol–water partition coefficient (Wildman–Crippen LogP) is 6.33. The third-order valence-electron chi connectivity index (χ3n) is 5.13. The third-order valence-corrected chi connectivity index (χ3v) is 5.13. The molecule has 1 amide bonds. The molecule has 5 heteroatoms. The number of methoxy groups -OCH3 is 1. The number of unbranched alkanes of at least 4 members (excludes halogenated alkanes) is 12. The van der Waals surface area contributed by atoms with E-state index in [1.807, 2.05) is 0 Å². The van der Waals surface area contributed by atoms with E-state index in [-0.39, 0.29) is 11.7 Å². The Morgan fingerprint density at radius 1 is 0.966 bits per heavy atom. The molecule has 0 aromatic heterocycles. The molecule has 5 nitrogen and oxygen atoms in total. The van der Waals surface area contributed by atoms with Crippen LogP contribution in [-0.4, -0.2) is 24.3 Å². The molecule has 0 saturated carbocycles. The first-order chi connectivity index (χ1) is 14.2. The van der Waals surface area contributed by atoms with E-state index in [2.05, 4.69) is 17.5 Å². The van der Waals surface area contributed by atoms with Crippen molar-refractivity contribution < 1.29 is 14.6 Å². The topological polar surface area (TPSA) is 70.9 Å². The molecule has 2 N–H and O–H groups in total. The van der Waals surface area contributed by atoms with Gasteiger partial charge in [0.2, 0.25) is 5.91 Å². The Morgan fingerprint density at radius 2 is 1.52 bits per heavy atom. The zero-order valence-electron chi connectivity index (χ0n) is 18.4. The second-order valence-electron chi connectivity index (χ2n) is 7.71. The summed E-state index contributed by atoms with van der Waals surface area (Å²) in [6.45, 7) is 2.26. The number of aromatic hydroxyl groups is 1. The van der Waals surface area contributed by atoms with Gasteiger partial charge in [-0.25, -0.2) is 5.43 Å². The number of carbonyl (C=O) groups is 1. The van der Waals surface area contributed by atoms with E-state index >= 15 is 0 Å². The highest BCUT2D eigenvalue weighted by atomic mass is 16.5. The van der Waals surface area contributed by atoms with Crippen molar-refractivity contribution >= 4 is 12.1 Å². The number of hydrogen-bond acceptors (Lipinski definition) is 4. The van der Waals surface area contributed by atoms with E-state index in [4.69, 9.17) is 4.74 Å². The Hall–Kier alpha value is -2.04. The van der Waals surface area contributed by atoms with Crippen LogP contribution in [0.1, 0.15) is 102 Å². The highest BCUT2D eigenvalue weighted by molar-refractivity contribution is 5.85. The number of ether oxygens (including phenoxy) is 1. The standard InChI is InChI=1S/C24H40N2O3/c1-3-4-5-6-7-8-9-10-11-12-13-14-15-16-24(28)26-25-20-21-19-22(29-2)17-18-23(21)27/h17-20,27H,3-16H2,1-2H3,(H,26,28). The molecule has 1 aromatic carbocycles. The maximum atomic E-state index is 11.8. The smallest absolute Gasteiger partial charge is 0.240 e. The lowest BCUT2D eigenvalue weighted by Crippen LogP contribution is -2.16. The van der Waals surface area contributed by atoms with Crippen LogP contribution in [0.3, 0.4) is 0 Å². The molecule has 1 rings (SSSR count). The zero-order chi connectivity index (χ0) is 21.2. The molecule has 0 atom stereocenters. The molecule has 164 valence electrons. The summed E-state index contributed by atoms with van der Waals surface area (Å²) in [6.07, 6.45) is 18.7. The maximum absolute atomic E-state index is 11.8. The molecule has 0 aliphatic heterocycles. The molecule has 0 unspecified atom stereocenters. The summed E-state index contributed by atoms with van der Waals surface area (Å²) < 4.78 is 5.11. The van der Waals surface area contributed by atoms with E-state index in [0.29, 0.717) is 17.7 Å². The monoisotopic (exact) mass is 404 g/mol. The number of hydrazone groups is 1. The van der Waals surface area contributed by atoms with E-state index < -0.39 is 0 Å². The van der Waals surface area contributed by atoms with Crippen LogP contribution in [0, 0.1) is 0 Å². The van der Waals surface area contributed by atoms with Crippen molar-refractivity contribution in [1.29, 1.82) is 0 Å². The first kappa shape index (κ1) is 25.0. The van der Waals surface area contributed by atoms with Gasteiger partial charge in [0, 0.05) is 12.0 Å². The fraction of sp³-hybridized carbons (Fsp3) is 0.667. The fourth-order valence-electron chi connectivity index (χ4n) is 3.30. The molecule has 0 aliphatic rings. The normalized spacial score (nSPS) is 11.1. The summed E-state index contributed by atoms with van der Waals surface area (Å²) in [5.74, 6) is 0.634. The molecule has 1 aromatic rings.